The second-order valence-electron chi connectivity index (χ2n) is 6.47. The molecule has 11 heteroatoms. The lowest BCUT2D eigenvalue weighted by Gasteiger charge is -2.13. The lowest BCUT2D eigenvalue weighted by Crippen LogP contribution is -2.16. The molecule has 2 aromatic carbocycles. The lowest BCUT2D eigenvalue weighted by molar-refractivity contribution is 0.0522. The van der Waals surface area contributed by atoms with Crippen LogP contribution in [-0.2, 0) is 14.8 Å². The molecule has 0 aliphatic rings. The van der Waals surface area contributed by atoms with E-state index in [0.717, 1.165) is 0 Å². The standard InChI is InChI=1S/C21H24N2O8S/c1-6-31-21(24)20-19(13-10-17(29-4)18(30-5)11-14(13)22-20)23-32(25,26)12-7-8-15(27-2)16(9-12)28-3/h7-11,22-23H,6H2,1-5H3. The second-order valence-corrected chi connectivity index (χ2v) is 8.15. The number of sulfonamides is 1. The zero-order valence-corrected chi connectivity index (χ0v) is 19.1. The van der Waals surface area contributed by atoms with E-state index in [1.807, 2.05) is 0 Å². The molecule has 0 bridgehead atoms. The number of aromatic amines is 1. The molecule has 1 heterocycles. The minimum atomic E-state index is -4.12. The van der Waals surface area contributed by atoms with Gasteiger partial charge >= 0.3 is 5.97 Å². The Bertz CT molecular complexity index is 1250. The van der Waals surface area contributed by atoms with Gasteiger partial charge in [0.25, 0.3) is 10.0 Å². The van der Waals surface area contributed by atoms with E-state index in [1.54, 1.807) is 19.1 Å². The molecule has 0 spiro atoms. The number of hydrogen-bond donors (Lipinski definition) is 2. The lowest BCUT2D eigenvalue weighted by atomic mass is 10.2. The first-order valence-electron chi connectivity index (χ1n) is 9.49. The quantitative estimate of drug-likeness (QED) is 0.463. The fourth-order valence-corrected chi connectivity index (χ4v) is 4.27. The number of ether oxygens (including phenoxy) is 5. The van der Waals surface area contributed by atoms with Gasteiger partial charge in [-0.2, -0.15) is 0 Å². The third kappa shape index (κ3) is 4.24. The van der Waals surface area contributed by atoms with Crippen molar-refractivity contribution in [2.24, 2.45) is 0 Å². The Morgan fingerprint density at radius 3 is 2.09 bits per heavy atom. The number of hydrogen-bond acceptors (Lipinski definition) is 8. The largest absolute Gasteiger partial charge is 0.493 e. The highest BCUT2D eigenvalue weighted by molar-refractivity contribution is 7.92. The Balaban J connectivity index is 2.17. The van der Waals surface area contributed by atoms with E-state index >= 15 is 0 Å². The van der Waals surface area contributed by atoms with E-state index in [4.69, 9.17) is 23.7 Å². The highest BCUT2D eigenvalue weighted by Gasteiger charge is 2.26. The van der Waals surface area contributed by atoms with Gasteiger partial charge in [-0.15, -0.1) is 0 Å². The molecule has 3 rings (SSSR count). The molecule has 3 aromatic rings. The molecule has 0 radical (unpaired) electrons. The third-order valence-corrected chi connectivity index (χ3v) is 6.03. The topological polar surface area (TPSA) is 125 Å². The first-order valence-corrected chi connectivity index (χ1v) is 11.0. The Morgan fingerprint density at radius 2 is 1.50 bits per heavy atom. The number of H-pyrrole nitrogens is 1. The van der Waals surface area contributed by atoms with Gasteiger partial charge in [-0.1, -0.05) is 0 Å². The highest BCUT2D eigenvalue weighted by Crippen LogP contribution is 2.38. The van der Waals surface area contributed by atoms with E-state index in [-0.39, 0.29) is 28.6 Å². The molecule has 0 amide bonds. The van der Waals surface area contributed by atoms with Gasteiger partial charge in [-0.3, -0.25) is 4.72 Å². The van der Waals surface area contributed by atoms with Crippen molar-refractivity contribution >= 4 is 32.6 Å². The molecule has 32 heavy (non-hydrogen) atoms. The number of nitrogens with one attached hydrogen (secondary N) is 2. The number of anilines is 1. The van der Waals surface area contributed by atoms with Crippen molar-refractivity contribution in [1.29, 1.82) is 0 Å². The maximum atomic E-state index is 13.2. The number of carbonyl (C=O) groups is 1. The van der Waals surface area contributed by atoms with Crippen molar-refractivity contribution < 1.29 is 36.9 Å². The fourth-order valence-electron chi connectivity index (χ4n) is 3.16. The zero-order valence-electron chi connectivity index (χ0n) is 18.3. The van der Waals surface area contributed by atoms with Crippen LogP contribution in [0.3, 0.4) is 0 Å². The second kappa shape index (κ2) is 9.27. The Labute approximate surface area is 185 Å². The first kappa shape index (κ1) is 23.1. The van der Waals surface area contributed by atoms with Crippen LogP contribution in [0, 0.1) is 0 Å². The van der Waals surface area contributed by atoms with Gasteiger partial charge in [-0.05, 0) is 25.1 Å². The van der Waals surface area contributed by atoms with Crippen LogP contribution in [0.1, 0.15) is 17.4 Å². The van der Waals surface area contributed by atoms with Gasteiger partial charge in [0, 0.05) is 17.5 Å². The fraction of sp³-hybridized carbons (Fsp3) is 0.286. The summed E-state index contributed by atoms with van der Waals surface area (Å²) in [6.45, 7) is 1.77. The molecule has 0 saturated carbocycles. The number of benzene rings is 2. The summed E-state index contributed by atoms with van der Waals surface area (Å²) >= 11 is 0. The van der Waals surface area contributed by atoms with Crippen LogP contribution in [0.5, 0.6) is 23.0 Å². The molecule has 0 atom stereocenters. The third-order valence-electron chi connectivity index (χ3n) is 4.68. The average Bonchev–Trinajstić information content (AvgIpc) is 3.14. The summed E-state index contributed by atoms with van der Waals surface area (Å²) in [4.78, 5) is 15.4. The smallest absolute Gasteiger partial charge is 0.356 e. The van der Waals surface area contributed by atoms with E-state index in [0.29, 0.717) is 28.2 Å². The van der Waals surface area contributed by atoms with Crippen LogP contribution in [-0.4, -0.2) is 54.4 Å². The number of rotatable bonds is 9. The first-order chi connectivity index (χ1) is 15.3. The Kier molecular flexibility index (Phi) is 6.68. The van der Waals surface area contributed by atoms with Crippen LogP contribution in [0.4, 0.5) is 5.69 Å². The maximum absolute atomic E-state index is 13.2. The molecule has 0 aliphatic carbocycles. The SMILES string of the molecule is CCOC(=O)c1[nH]c2cc(OC)c(OC)cc2c1NS(=O)(=O)c1ccc(OC)c(OC)c1. The molecule has 172 valence electrons. The van der Waals surface area contributed by atoms with Gasteiger partial charge in [-0.25, -0.2) is 13.2 Å². The number of carbonyl (C=O) groups excluding carboxylic acids is 1. The van der Waals surface area contributed by atoms with Crippen molar-refractivity contribution in [1.82, 2.24) is 4.98 Å². The normalized spacial score (nSPS) is 11.2. The minimum Gasteiger partial charge on any atom is -0.493 e. The van der Waals surface area contributed by atoms with E-state index in [1.165, 1.54) is 46.6 Å². The highest BCUT2D eigenvalue weighted by atomic mass is 32.2. The molecular weight excluding hydrogens is 440 g/mol. The number of methoxy groups -OCH3 is 4. The summed E-state index contributed by atoms with van der Waals surface area (Å²) in [5, 5.41) is 0.398. The molecule has 0 unspecified atom stereocenters. The van der Waals surface area contributed by atoms with Gasteiger partial charge in [0.15, 0.2) is 28.7 Å². The van der Waals surface area contributed by atoms with Gasteiger partial charge < -0.3 is 28.7 Å². The molecule has 1 aromatic heterocycles. The van der Waals surface area contributed by atoms with E-state index in [9.17, 15) is 13.2 Å². The number of esters is 1. The van der Waals surface area contributed by atoms with Crippen molar-refractivity contribution in [3.05, 3.63) is 36.0 Å². The average molecular weight is 464 g/mol. The van der Waals surface area contributed by atoms with Crippen LogP contribution in [0.2, 0.25) is 0 Å². The van der Waals surface area contributed by atoms with Crippen molar-refractivity contribution in [2.75, 3.05) is 39.8 Å². The molecule has 10 nitrogen and oxygen atoms in total. The van der Waals surface area contributed by atoms with Gasteiger partial charge in [0.05, 0.1) is 51.1 Å². The number of aromatic nitrogens is 1. The van der Waals surface area contributed by atoms with Gasteiger partial charge in [0.2, 0.25) is 0 Å². The number of fused-ring (bicyclic) bond motifs is 1. The van der Waals surface area contributed by atoms with Crippen molar-refractivity contribution in [3.8, 4) is 23.0 Å². The monoisotopic (exact) mass is 464 g/mol. The summed E-state index contributed by atoms with van der Waals surface area (Å²) in [6, 6.07) is 7.34. The zero-order chi connectivity index (χ0) is 23.5. The summed E-state index contributed by atoms with van der Waals surface area (Å²) in [5.74, 6) is 0.674. The summed E-state index contributed by atoms with van der Waals surface area (Å²) in [7, 11) is 1.65. The van der Waals surface area contributed by atoms with E-state index in [2.05, 4.69) is 9.71 Å². The summed E-state index contributed by atoms with van der Waals surface area (Å²) in [6.07, 6.45) is 0. The predicted molar refractivity (Wildman–Crippen MR) is 118 cm³/mol. The van der Waals surface area contributed by atoms with Crippen LogP contribution in [0.25, 0.3) is 10.9 Å². The minimum absolute atomic E-state index is 0.0224. The van der Waals surface area contributed by atoms with Gasteiger partial charge in [0.1, 0.15) is 0 Å². The molecular formula is C21H24N2O8S. The van der Waals surface area contributed by atoms with Crippen LogP contribution in [0.15, 0.2) is 35.2 Å². The van der Waals surface area contributed by atoms with Crippen LogP contribution < -0.4 is 23.7 Å². The predicted octanol–water partition coefficient (Wildman–Crippen LogP) is 3.18. The summed E-state index contributed by atoms with van der Waals surface area (Å²) in [5.41, 5.74) is 0.422. The van der Waals surface area contributed by atoms with Crippen molar-refractivity contribution in [3.63, 3.8) is 0 Å². The Hall–Kier alpha value is -3.60. The van der Waals surface area contributed by atoms with Crippen LogP contribution >= 0.6 is 0 Å². The maximum Gasteiger partial charge on any atom is 0.356 e. The molecule has 2 N–H and O–H groups in total. The molecule has 0 aliphatic heterocycles. The molecule has 0 fully saturated rings. The molecule has 0 saturated heterocycles. The Morgan fingerprint density at radius 1 is 0.906 bits per heavy atom. The van der Waals surface area contributed by atoms with E-state index < -0.39 is 16.0 Å². The van der Waals surface area contributed by atoms with Crippen molar-refractivity contribution in [2.45, 2.75) is 11.8 Å². The summed E-state index contributed by atoms with van der Waals surface area (Å²) < 4.78 is 54.9.